The molecule has 0 fully saturated rings. The summed E-state index contributed by atoms with van der Waals surface area (Å²) in [6.45, 7) is 8.46. The van der Waals surface area contributed by atoms with Crippen LogP contribution in [0.2, 0.25) is 0 Å². The number of benzene rings is 2. The molecule has 0 saturated heterocycles. The van der Waals surface area contributed by atoms with E-state index in [9.17, 15) is 29.8 Å². The molecule has 15 nitrogen and oxygen atoms in total. The molecule has 228 valence electrons. The lowest BCUT2D eigenvalue weighted by Gasteiger charge is -2.12. The molecular weight excluding hydrogens is 598 g/mol. The Morgan fingerprint density at radius 2 is 1.17 bits per heavy atom. The summed E-state index contributed by atoms with van der Waals surface area (Å²) >= 11 is 0. The zero-order chi connectivity index (χ0) is 31.3. The zero-order valence-electron chi connectivity index (χ0n) is 23.2. The molecule has 0 radical (unpaired) electrons. The summed E-state index contributed by atoms with van der Waals surface area (Å²) in [6, 6.07) is 10.4. The molecule has 0 aliphatic heterocycles. The van der Waals surface area contributed by atoms with Gasteiger partial charge < -0.3 is 16.0 Å². The lowest BCUT2D eigenvalue weighted by atomic mass is 10.3. The maximum absolute atomic E-state index is 11.4. The molecule has 41 heavy (non-hydrogen) atoms. The second kappa shape index (κ2) is 16.1. The van der Waals surface area contributed by atoms with Crippen LogP contribution in [0.1, 0.15) is 34.1 Å². The van der Waals surface area contributed by atoms with Gasteiger partial charge in [-0.1, -0.05) is 33.8 Å². The van der Waals surface area contributed by atoms with Crippen LogP contribution in [0.4, 0.5) is 29.2 Å². The van der Waals surface area contributed by atoms with Crippen LogP contribution >= 0.6 is 0 Å². The third kappa shape index (κ3) is 13.2. The van der Waals surface area contributed by atoms with Crippen molar-refractivity contribution in [1.82, 2.24) is 19.7 Å². The highest BCUT2D eigenvalue weighted by Crippen LogP contribution is 2.22. The van der Waals surface area contributed by atoms with Crippen molar-refractivity contribution in [2.24, 2.45) is 0 Å². The van der Waals surface area contributed by atoms with Gasteiger partial charge in [0, 0.05) is 24.5 Å². The van der Waals surface area contributed by atoms with Crippen LogP contribution in [-0.2, 0) is 30.3 Å². The molecule has 3 rings (SSSR count). The van der Waals surface area contributed by atoms with Gasteiger partial charge in [-0.05, 0) is 48.9 Å². The van der Waals surface area contributed by atoms with Gasteiger partial charge in [-0.25, -0.2) is 13.1 Å². The topological polar surface area (TPSA) is 230 Å². The van der Waals surface area contributed by atoms with Crippen molar-refractivity contribution >= 4 is 59.5 Å². The van der Waals surface area contributed by atoms with Crippen LogP contribution in [-0.4, -0.2) is 68.7 Å². The minimum absolute atomic E-state index is 0.0137. The molecular formula is C23H35N7O8S3. The molecule has 2 aromatic carbocycles. The zero-order valence-corrected chi connectivity index (χ0v) is 25.6. The fraction of sp³-hybridized carbons (Fsp3) is 0.348. The largest absolute Gasteiger partial charge is 0.354 e. The van der Waals surface area contributed by atoms with Crippen LogP contribution in [0.5, 0.6) is 0 Å². The Labute approximate surface area is 240 Å². The van der Waals surface area contributed by atoms with E-state index in [4.69, 9.17) is 4.55 Å². The standard InChI is InChI=1S/C19H23N7O8S3.2C2H6/c1-35(27,28)21-11-3-10-20-17-24-18(22-13-6-8-15(9-7-13)36(29,30)31)26-19(25-17)23-14-4-2-5-16(12-14)37(32,33)34;2*1-2/h2,4-9,12,21H,3,10-11H2,1H3,(H,29,30,31)(H,32,33,34)(H3,20,22,23,24,25,26);2*1-2H3. The molecule has 1 aromatic heterocycles. The predicted molar refractivity (Wildman–Crippen MR) is 158 cm³/mol. The summed E-state index contributed by atoms with van der Waals surface area (Å²) in [4.78, 5) is 12.0. The van der Waals surface area contributed by atoms with Gasteiger partial charge in [0.05, 0.1) is 16.0 Å². The van der Waals surface area contributed by atoms with Crippen molar-refractivity contribution in [3.63, 3.8) is 0 Å². The number of nitrogens with zero attached hydrogens (tertiary/aromatic N) is 3. The molecule has 18 heteroatoms. The third-order valence-electron chi connectivity index (χ3n) is 4.43. The van der Waals surface area contributed by atoms with Crippen molar-refractivity contribution in [3.05, 3.63) is 48.5 Å². The van der Waals surface area contributed by atoms with Crippen LogP contribution in [0.25, 0.3) is 0 Å². The van der Waals surface area contributed by atoms with E-state index in [0.29, 0.717) is 12.1 Å². The van der Waals surface area contributed by atoms with Crippen LogP contribution < -0.4 is 20.7 Å². The van der Waals surface area contributed by atoms with E-state index in [1.54, 1.807) is 0 Å². The second-order valence-electron chi connectivity index (χ2n) is 7.51. The van der Waals surface area contributed by atoms with E-state index in [2.05, 4.69) is 35.6 Å². The molecule has 3 aromatic rings. The van der Waals surface area contributed by atoms with E-state index in [0.717, 1.165) is 6.26 Å². The molecule has 1 heterocycles. The minimum atomic E-state index is -4.44. The summed E-state index contributed by atoms with van der Waals surface area (Å²) in [6.07, 6.45) is 1.44. The fourth-order valence-electron chi connectivity index (χ4n) is 2.82. The van der Waals surface area contributed by atoms with Crippen LogP contribution in [0.3, 0.4) is 0 Å². The van der Waals surface area contributed by atoms with E-state index >= 15 is 0 Å². The number of anilines is 5. The molecule has 0 amide bonds. The highest BCUT2D eigenvalue weighted by Gasteiger charge is 2.13. The second-order valence-corrected chi connectivity index (χ2v) is 12.2. The highest BCUT2D eigenvalue weighted by atomic mass is 32.2. The Hall–Kier alpha value is -3.42. The molecule has 0 saturated carbocycles. The quantitative estimate of drug-likeness (QED) is 0.124. The Balaban J connectivity index is 0.00000201. The van der Waals surface area contributed by atoms with Gasteiger partial charge in [-0.15, -0.1) is 0 Å². The number of sulfonamides is 1. The van der Waals surface area contributed by atoms with Crippen LogP contribution in [0.15, 0.2) is 58.3 Å². The van der Waals surface area contributed by atoms with Crippen molar-refractivity contribution in [2.75, 3.05) is 35.3 Å². The van der Waals surface area contributed by atoms with Crippen molar-refractivity contribution in [3.8, 4) is 0 Å². The number of aromatic nitrogens is 3. The Morgan fingerprint density at radius 3 is 1.68 bits per heavy atom. The molecule has 6 N–H and O–H groups in total. The number of rotatable bonds is 12. The van der Waals surface area contributed by atoms with E-state index in [-0.39, 0.29) is 46.4 Å². The molecule has 0 aliphatic carbocycles. The maximum atomic E-state index is 11.4. The smallest absolute Gasteiger partial charge is 0.294 e. The van der Waals surface area contributed by atoms with Crippen molar-refractivity contribution in [1.29, 1.82) is 0 Å². The van der Waals surface area contributed by atoms with Gasteiger partial charge in [0.1, 0.15) is 0 Å². The summed E-state index contributed by atoms with van der Waals surface area (Å²) in [5, 5.41) is 8.59. The number of nitrogens with one attached hydrogen (secondary N) is 4. The SMILES string of the molecule is CC.CC.CS(=O)(=O)NCCCNc1nc(Nc2ccc(S(=O)(=O)O)cc2)nc(Nc2cccc(S(=O)(=O)O)c2)n1. The average Bonchev–Trinajstić information content (AvgIpc) is 2.89. The molecule has 0 aliphatic rings. The predicted octanol–water partition coefficient (Wildman–Crippen LogP) is 3.26. The lowest BCUT2D eigenvalue weighted by Crippen LogP contribution is -2.24. The number of hydrogen-bond donors (Lipinski definition) is 6. The Bertz CT molecular complexity index is 1580. The first kappa shape index (κ1) is 35.6. The van der Waals surface area contributed by atoms with E-state index in [1.165, 1.54) is 48.5 Å². The summed E-state index contributed by atoms with van der Waals surface area (Å²) in [5.74, 6) is 0.0796. The van der Waals surface area contributed by atoms with E-state index < -0.39 is 30.3 Å². The summed E-state index contributed by atoms with van der Waals surface area (Å²) < 4.78 is 88.5. The normalized spacial score (nSPS) is 11.3. The summed E-state index contributed by atoms with van der Waals surface area (Å²) in [5.41, 5.74) is 0.620. The highest BCUT2D eigenvalue weighted by molar-refractivity contribution is 7.88. The molecule has 0 spiro atoms. The first-order chi connectivity index (χ1) is 19.2. The molecule has 0 atom stereocenters. The van der Waals surface area contributed by atoms with Crippen molar-refractivity contribution in [2.45, 2.75) is 43.9 Å². The first-order valence-corrected chi connectivity index (χ1v) is 17.1. The average molecular weight is 634 g/mol. The van der Waals surface area contributed by atoms with E-state index in [1.807, 2.05) is 27.7 Å². The maximum Gasteiger partial charge on any atom is 0.294 e. The fourth-order valence-corrected chi connectivity index (χ4v) is 4.34. The van der Waals surface area contributed by atoms with Gasteiger partial charge in [-0.3, -0.25) is 9.11 Å². The minimum Gasteiger partial charge on any atom is -0.354 e. The monoisotopic (exact) mass is 633 g/mol. The van der Waals surface area contributed by atoms with Gasteiger partial charge in [0.15, 0.2) is 0 Å². The first-order valence-electron chi connectivity index (χ1n) is 12.3. The van der Waals surface area contributed by atoms with Gasteiger partial charge in [0.2, 0.25) is 27.9 Å². The van der Waals surface area contributed by atoms with Gasteiger partial charge in [-0.2, -0.15) is 31.8 Å². The van der Waals surface area contributed by atoms with Gasteiger partial charge in [0.25, 0.3) is 20.2 Å². The van der Waals surface area contributed by atoms with Gasteiger partial charge >= 0.3 is 0 Å². The van der Waals surface area contributed by atoms with Crippen LogP contribution in [0, 0.1) is 0 Å². The third-order valence-corrected chi connectivity index (χ3v) is 6.88. The Kier molecular flexibility index (Phi) is 14.0. The van der Waals surface area contributed by atoms with Crippen molar-refractivity contribution < 1.29 is 34.4 Å². The summed E-state index contributed by atoms with van der Waals surface area (Å²) in [7, 11) is -12.1. The molecule has 0 unspecified atom stereocenters. The lowest BCUT2D eigenvalue weighted by molar-refractivity contribution is 0.481. The Morgan fingerprint density at radius 1 is 0.659 bits per heavy atom. The number of hydrogen-bond acceptors (Lipinski definition) is 12. The molecule has 0 bridgehead atoms.